The van der Waals surface area contributed by atoms with Crippen LogP contribution in [0.3, 0.4) is 0 Å². The van der Waals surface area contributed by atoms with Crippen molar-refractivity contribution < 1.29 is 4.79 Å². The van der Waals surface area contributed by atoms with Crippen molar-refractivity contribution in [1.29, 1.82) is 0 Å². The van der Waals surface area contributed by atoms with Crippen molar-refractivity contribution in [3.63, 3.8) is 0 Å². The predicted octanol–water partition coefficient (Wildman–Crippen LogP) is 2.58. The summed E-state index contributed by atoms with van der Waals surface area (Å²) < 4.78 is 0. The lowest BCUT2D eigenvalue weighted by Crippen LogP contribution is -2.26. The van der Waals surface area contributed by atoms with E-state index in [2.05, 4.69) is 20.3 Å². The molecule has 3 aromatic rings. The average molecular weight is 301 g/mol. The van der Waals surface area contributed by atoms with Crippen LogP contribution in [0.4, 0.5) is 0 Å². The number of pyridine rings is 1. The molecule has 0 unspecified atom stereocenters. The highest BCUT2D eigenvalue weighted by atomic mass is 35.5. The molecule has 2 N–H and O–H groups in total. The summed E-state index contributed by atoms with van der Waals surface area (Å²) in [4.78, 5) is 23.3. The van der Waals surface area contributed by atoms with Crippen LogP contribution in [0.15, 0.2) is 42.7 Å². The van der Waals surface area contributed by atoms with E-state index in [0.717, 1.165) is 16.6 Å². The molecule has 0 aliphatic heterocycles. The van der Waals surface area contributed by atoms with Gasteiger partial charge >= 0.3 is 0 Å². The molecule has 0 aliphatic carbocycles. The predicted molar refractivity (Wildman–Crippen MR) is 81.4 cm³/mol. The van der Waals surface area contributed by atoms with E-state index in [1.54, 1.807) is 18.5 Å². The maximum atomic E-state index is 12.1. The van der Waals surface area contributed by atoms with Gasteiger partial charge in [0.25, 0.3) is 5.91 Å². The van der Waals surface area contributed by atoms with Crippen LogP contribution in [0.1, 0.15) is 16.3 Å². The Morgan fingerprint density at radius 1 is 1.33 bits per heavy atom. The zero-order valence-electron chi connectivity index (χ0n) is 11.1. The summed E-state index contributed by atoms with van der Waals surface area (Å²) in [7, 11) is 0. The highest BCUT2D eigenvalue weighted by Gasteiger charge is 2.10. The monoisotopic (exact) mass is 300 g/mol. The van der Waals surface area contributed by atoms with Crippen LogP contribution < -0.4 is 5.32 Å². The molecule has 0 radical (unpaired) electrons. The summed E-state index contributed by atoms with van der Waals surface area (Å²) in [5.74, 6) is 0.592. The van der Waals surface area contributed by atoms with E-state index in [1.165, 1.54) is 0 Å². The highest BCUT2D eigenvalue weighted by molar-refractivity contribution is 6.34. The van der Waals surface area contributed by atoms with Gasteiger partial charge in [0.05, 0.1) is 0 Å². The van der Waals surface area contributed by atoms with Crippen molar-refractivity contribution in [2.24, 2.45) is 0 Å². The summed E-state index contributed by atoms with van der Waals surface area (Å²) in [6.45, 7) is 0.485. The molecule has 6 heteroatoms. The molecule has 1 amide bonds. The van der Waals surface area contributed by atoms with E-state index in [1.807, 2.05) is 24.3 Å². The van der Waals surface area contributed by atoms with Crippen LogP contribution in [-0.4, -0.2) is 27.4 Å². The standard InChI is InChI=1S/C15H13ClN4O/c16-14-11-4-2-1-3-10(11)9-12(20-14)15(21)19-6-5-13-17-7-8-18-13/h1-4,7-9H,5-6H2,(H,17,18)(H,19,21). The maximum Gasteiger partial charge on any atom is 0.269 e. The van der Waals surface area contributed by atoms with Gasteiger partial charge in [0.15, 0.2) is 0 Å². The molecule has 3 rings (SSSR count). The third kappa shape index (κ3) is 3.03. The Morgan fingerprint density at radius 2 is 2.19 bits per heavy atom. The smallest absolute Gasteiger partial charge is 0.269 e. The van der Waals surface area contributed by atoms with E-state index in [4.69, 9.17) is 11.6 Å². The number of aromatic nitrogens is 3. The van der Waals surface area contributed by atoms with E-state index in [0.29, 0.717) is 23.8 Å². The fourth-order valence-corrected chi connectivity index (χ4v) is 2.36. The molecule has 1 aromatic carbocycles. The quantitative estimate of drug-likeness (QED) is 0.728. The summed E-state index contributed by atoms with van der Waals surface area (Å²) in [5, 5.41) is 4.88. The number of hydrogen-bond acceptors (Lipinski definition) is 3. The largest absolute Gasteiger partial charge is 0.350 e. The van der Waals surface area contributed by atoms with Gasteiger partial charge in [-0.05, 0) is 11.5 Å². The van der Waals surface area contributed by atoms with Gasteiger partial charge in [-0.25, -0.2) is 9.97 Å². The second-order valence-electron chi connectivity index (χ2n) is 4.56. The number of amides is 1. The Bertz CT molecular complexity index is 770. The Balaban J connectivity index is 1.72. The summed E-state index contributed by atoms with van der Waals surface area (Å²) in [6, 6.07) is 9.31. The molecular weight excluding hydrogens is 288 g/mol. The zero-order chi connectivity index (χ0) is 14.7. The molecule has 2 heterocycles. The van der Waals surface area contributed by atoms with Crippen LogP contribution in [0, 0.1) is 0 Å². The van der Waals surface area contributed by atoms with Crippen LogP contribution in [0.2, 0.25) is 5.15 Å². The Kier molecular flexibility index (Phi) is 3.83. The van der Waals surface area contributed by atoms with Crippen LogP contribution in [0.25, 0.3) is 10.8 Å². The Labute approximate surface area is 126 Å². The second-order valence-corrected chi connectivity index (χ2v) is 4.92. The molecule has 0 spiro atoms. The number of H-pyrrole nitrogens is 1. The van der Waals surface area contributed by atoms with Crippen molar-refractivity contribution >= 4 is 28.3 Å². The fourth-order valence-electron chi connectivity index (χ4n) is 2.09. The number of rotatable bonds is 4. The maximum absolute atomic E-state index is 12.1. The van der Waals surface area contributed by atoms with Crippen LogP contribution in [-0.2, 0) is 6.42 Å². The number of aromatic amines is 1. The highest BCUT2D eigenvalue weighted by Crippen LogP contribution is 2.22. The number of fused-ring (bicyclic) bond motifs is 1. The minimum Gasteiger partial charge on any atom is -0.350 e. The van der Waals surface area contributed by atoms with Gasteiger partial charge in [-0.1, -0.05) is 35.9 Å². The lowest BCUT2D eigenvalue weighted by molar-refractivity contribution is 0.0949. The van der Waals surface area contributed by atoms with Gasteiger partial charge in [0.2, 0.25) is 0 Å². The average Bonchev–Trinajstić information content (AvgIpc) is 3.00. The normalized spacial score (nSPS) is 10.7. The summed E-state index contributed by atoms with van der Waals surface area (Å²) in [6.07, 6.45) is 4.07. The van der Waals surface area contributed by atoms with Crippen molar-refractivity contribution in [3.8, 4) is 0 Å². The SMILES string of the molecule is O=C(NCCc1ncc[nH]1)c1cc2ccccc2c(Cl)n1. The van der Waals surface area contributed by atoms with Gasteiger partial charge in [-0.3, -0.25) is 4.79 Å². The van der Waals surface area contributed by atoms with Gasteiger partial charge in [0, 0.05) is 30.7 Å². The molecule has 21 heavy (non-hydrogen) atoms. The number of halogens is 1. The third-order valence-electron chi connectivity index (χ3n) is 3.13. The number of imidazole rings is 1. The van der Waals surface area contributed by atoms with Crippen molar-refractivity contribution in [3.05, 3.63) is 59.4 Å². The number of carbonyl (C=O) groups is 1. The molecule has 0 bridgehead atoms. The van der Waals surface area contributed by atoms with Gasteiger partial charge in [-0.2, -0.15) is 0 Å². The fraction of sp³-hybridized carbons (Fsp3) is 0.133. The lowest BCUT2D eigenvalue weighted by atomic mass is 10.1. The summed E-state index contributed by atoms with van der Waals surface area (Å²) in [5.41, 5.74) is 0.318. The molecule has 0 saturated heterocycles. The first-order valence-electron chi connectivity index (χ1n) is 6.56. The molecule has 2 aromatic heterocycles. The molecule has 106 valence electrons. The van der Waals surface area contributed by atoms with Crippen molar-refractivity contribution in [2.75, 3.05) is 6.54 Å². The number of nitrogens with zero attached hydrogens (tertiary/aromatic N) is 2. The number of nitrogens with one attached hydrogen (secondary N) is 2. The second kappa shape index (κ2) is 5.93. The first-order valence-corrected chi connectivity index (χ1v) is 6.93. The zero-order valence-corrected chi connectivity index (χ0v) is 11.9. The topological polar surface area (TPSA) is 70.7 Å². The van der Waals surface area contributed by atoms with Gasteiger partial charge in [-0.15, -0.1) is 0 Å². The Hall–Kier alpha value is -2.40. The minimum absolute atomic E-state index is 0.241. The van der Waals surface area contributed by atoms with Crippen molar-refractivity contribution in [2.45, 2.75) is 6.42 Å². The molecule has 0 aliphatic rings. The number of benzene rings is 1. The summed E-state index contributed by atoms with van der Waals surface area (Å²) >= 11 is 6.12. The lowest BCUT2D eigenvalue weighted by Gasteiger charge is -2.06. The minimum atomic E-state index is -0.241. The van der Waals surface area contributed by atoms with Crippen molar-refractivity contribution in [1.82, 2.24) is 20.3 Å². The van der Waals surface area contributed by atoms with Crippen LogP contribution >= 0.6 is 11.6 Å². The van der Waals surface area contributed by atoms with E-state index in [9.17, 15) is 4.79 Å². The molecule has 0 fully saturated rings. The molecule has 0 saturated carbocycles. The van der Waals surface area contributed by atoms with E-state index >= 15 is 0 Å². The van der Waals surface area contributed by atoms with Gasteiger partial charge in [0.1, 0.15) is 16.7 Å². The van der Waals surface area contributed by atoms with E-state index in [-0.39, 0.29) is 5.91 Å². The number of carbonyl (C=O) groups excluding carboxylic acids is 1. The third-order valence-corrected chi connectivity index (χ3v) is 3.42. The molecular formula is C15H13ClN4O. The number of hydrogen-bond donors (Lipinski definition) is 2. The Morgan fingerprint density at radius 3 is 3.00 bits per heavy atom. The first-order chi connectivity index (χ1) is 10.2. The first kappa shape index (κ1) is 13.6. The van der Waals surface area contributed by atoms with Gasteiger partial charge < -0.3 is 10.3 Å². The van der Waals surface area contributed by atoms with Crippen LogP contribution in [0.5, 0.6) is 0 Å². The molecule has 0 atom stereocenters. The van der Waals surface area contributed by atoms with E-state index < -0.39 is 0 Å². The molecule has 5 nitrogen and oxygen atoms in total.